The summed E-state index contributed by atoms with van der Waals surface area (Å²) in [4.78, 5) is 14.4. The Hall–Kier alpha value is -1.55. The Morgan fingerprint density at radius 1 is 1.39 bits per heavy atom. The summed E-state index contributed by atoms with van der Waals surface area (Å²) in [5.41, 5.74) is 7.42. The number of nitrogen functional groups attached to an aromatic ring is 1. The second-order valence-corrected chi connectivity index (χ2v) is 5.53. The number of carbonyl (C=O) groups is 1. The van der Waals surface area contributed by atoms with Gasteiger partial charge in [0, 0.05) is 36.3 Å². The minimum Gasteiger partial charge on any atom is -0.399 e. The zero-order valence-corrected chi connectivity index (χ0v) is 10.5. The predicted molar refractivity (Wildman–Crippen MR) is 71.3 cm³/mol. The Morgan fingerprint density at radius 2 is 2.28 bits per heavy atom. The fourth-order valence-corrected chi connectivity index (χ4v) is 3.11. The van der Waals surface area contributed by atoms with Gasteiger partial charge in [0.2, 0.25) is 0 Å². The fraction of sp³-hybridized carbons (Fsp3) is 0.500. The van der Waals surface area contributed by atoms with Gasteiger partial charge in [-0.15, -0.1) is 0 Å². The van der Waals surface area contributed by atoms with Gasteiger partial charge in [-0.2, -0.15) is 0 Å². The number of hydrogen-bond acceptors (Lipinski definition) is 3. The second kappa shape index (κ2) is 4.28. The molecule has 0 aliphatic carbocycles. The molecular weight excluding hydrogens is 226 g/mol. The van der Waals surface area contributed by atoms with Crippen LogP contribution in [0.15, 0.2) is 24.3 Å². The summed E-state index contributed by atoms with van der Waals surface area (Å²) >= 11 is 0. The van der Waals surface area contributed by atoms with Crippen LogP contribution in [0.1, 0.15) is 23.2 Å². The second-order valence-electron chi connectivity index (χ2n) is 5.53. The van der Waals surface area contributed by atoms with E-state index in [9.17, 15) is 4.79 Å². The average molecular weight is 245 g/mol. The van der Waals surface area contributed by atoms with E-state index in [0.29, 0.717) is 16.7 Å². The van der Waals surface area contributed by atoms with Gasteiger partial charge in [0.15, 0.2) is 0 Å². The Balaban J connectivity index is 1.74. The van der Waals surface area contributed by atoms with Crippen LogP contribution in [0, 0.1) is 5.41 Å². The lowest BCUT2D eigenvalue weighted by molar-refractivity contribution is 0.0776. The van der Waals surface area contributed by atoms with Crippen molar-refractivity contribution in [3.63, 3.8) is 0 Å². The average Bonchev–Trinajstić information content (AvgIpc) is 3.00. The summed E-state index contributed by atoms with van der Waals surface area (Å²) in [5.74, 6) is 0.117. The van der Waals surface area contributed by atoms with Gasteiger partial charge in [-0.05, 0) is 37.6 Å². The molecule has 3 N–H and O–H groups in total. The lowest BCUT2D eigenvalue weighted by Gasteiger charge is -2.22. The van der Waals surface area contributed by atoms with Crippen molar-refractivity contribution in [3.8, 4) is 0 Å². The fourth-order valence-electron chi connectivity index (χ4n) is 3.11. The number of nitrogens with zero attached hydrogens (tertiary/aromatic N) is 1. The molecule has 18 heavy (non-hydrogen) atoms. The highest BCUT2D eigenvalue weighted by molar-refractivity contribution is 5.95. The largest absolute Gasteiger partial charge is 0.399 e. The van der Waals surface area contributed by atoms with Gasteiger partial charge in [0.25, 0.3) is 5.91 Å². The van der Waals surface area contributed by atoms with Crippen molar-refractivity contribution in [1.82, 2.24) is 10.2 Å². The number of hydrogen-bond donors (Lipinski definition) is 2. The molecule has 1 unspecified atom stereocenters. The number of carbonyl (C=O) groups excluding carboxylic acids is 1. The number of nitrogens with one attached hydrogen (secondary N) is 1. The van der Waals surface area contributed by atoms with Crippen LogP contribution in [0.2, 0.25) is 0 Å². The summed E-state index contributed by atoms with van der Waals surface area (Å²) in [6, 6.07) is 7.26. The quantitative estimate of drug-likeness (QED) is 0.728. The number of rotatable bonds is 1. The maximum absolute atomic E-state index is 12.4. The highest BCUT2D eigenvalue weighted by Crippen LogP contribution is 2.36. The van der Waals surface area contributed by atoms with E-state index >= 15 is 0 Å². The highest BCUT2D eigenvalue weighted by atomic mass is 16.2. The van der Waals surface area contributed by atoms with Crippen LogP contribution in [0.3, 0.4) is 0 Å². The zero-order valence-electron chi connectivity index (χ0n) is 10.5. The molecule has 1 aromatic carbocycles. The number of nitrogens with two attached hydrogens (primary N) is 1. The van der Waals surface area contributed by atoms with Gasteiger partial charge < -0.3 is 16.0 Å². The summed E-state index contributed by atoms with van der Waals surface area (Å²) in [7, 11) is 0. The summed E-state index contributed by atoms with van der Waals surface area (Å²) in [5, 5.41) is 3.41. The molecule has 0 radical (unpaired) electrons. The van der Waals surface area contributed by atoms with Crippen molar-refractivity contribution in [2.75, 3.05) is 31.9 Å². The molecular formula is C14H19N3O. The monoisotopic (exact) mass is 245 g/mol. The minimum atomic E-state index is 0.117. The van der Waals surface area contributed by atoms with Gasteiger partial charge >= 0.3 is 0 Å². The van der Waals surface area contributed by atoms with Gasteiger partial charge in [0.1, 0.15) is 0 Å². The first kappa shape index (κ1) is 11.5. The number of amides is 1. The Labute approximate surface area is 107 Å². The Morgan fingerprint density at radius 3 is 3.00 bits per heavy atom. The van der Waals surface area contributed by atoms with Crippen LogP contribution in [-0.2, 0) is 0 Å². The van der Waals surface area contributed by atoms with Crippen molar-refractivity contribution < 1.29 is 4.79 Å². The van der Waals surface area contributed by atoms with Crippen molar-refractivity contribution in [2.45, 2.75) is 12.8 Å². The third-order valence-corrected chi connectivity index (χ3v) is 4.19. The van der Waals surface area contributed by atoms with Crippen LogP contribution in [-0.4, -0.2) is 37.0 Å². The van der Waals surface area contributed by atoms with Crippen molar-refractivity contribution >= 4 is 11.6 Å². The molecule has 2 saturated heterocycles. The molecule has 2 fully saturated rings. The molecule has 0 saturated carbocycles. The smallest absolute Gasteiger partial charge is 0.253 e. The Kier molecular flexibility index (Phi) is 2.74. The first-order valence-electron chi connectivity index (χ1n) is 6.54. The molecule has 0 aromatic heterocycles. The summed E-state index contributed by atoms with van der Waals surface area (Å²) in [6.07, 6.45) is 2.31. The number of anilines is 1. The lowest BCUT2D eigenvalue weighted by atomic mass is 9.86. The van der Waals surface area contributed by atoms with Crippen molar-refractivity contribution in [3.05, 3.63) is 29.8 Å². The molecule has 2 aliphatic heterocycles. The van der Waals surface area contributed by atoms with Gasteiger partial charge in [-0.25, -0.2) is 0 Å². The molecule has 0 bridgehead atoms. The van der Waals surface area contributed by atoms with Crippen molar-refractivity contribution in [1.29, 1.82) is 0 Å². The SMILES string of the molecule is Nc1cccc(C(=O)N2CCC3(CCNC3)C2)c1. The maximum Gasteiger partial charge on any atom is 0.253 e. The molecule has 1 atom stereocenters. The minimum absolute atomic E-state index is 0.117. The molecule has 96 valence electrons. The van der Waals surface area contributed by atoms with E-state index in [4.69, 9.17) is 5.73 Å². The lowest BCUT2D eigenvalue weighted by Crippen LogP contribution is -2.33. The highest BCUT2D eigenvalue weighted by Gasteiger charge is 2.41. The first-order chi connectivity index (χ1) is 8.69. The summed E-state index contributed by atoms with van der Waals surface area (Å²) in [6.45, 7) is 3.89. The predicted octanol–water partition coefficient (Wildman–Crippen LogP) is 1.09. The molecule has 1 aromatic rings. The molecule has 4 nitrogen and oxygen atoms in total. The van der Waals surface area contributed by atoms with E-state index in [2.05, 4.69) is 5.32 Å². The van der Waals surface area contributed by atoms with E-state index in [0.717, 1.165) is 32.6 Å². The molecule has 2 heterocycles. The standard InChI is InChI=1S/C14H19N3O/c15-12-3-1-2-11(8-12)13(18)17-7-5-14(10-17)4-6-16-9-14/h1-3,8,16H,4-7,9-10,15H2. The molecule has 1 amide bonds. The van der Waals surface area contributed by atoms with Crippen LogP contribution in [0.5, 0.6) is 0 Å². The Bertz CT molecular complexity index is 466. The zero-order chi connectivity index (χ0) is 12.6. The van der Waals surface area contributed by atoms with Crippen LogP contribution < -0.4 is 11.1 Å². The number of benzene rings is 1. The van der Waals surface area contributed by atoms with Gasteiger partial charge in [-0.1, -0.05) is 6.07 Å². The van der Waals surface area contributed by atoms with Crippen LogP contribution in [0.4, 0.5) is 5.69 Å². The maximum atomic E-state index is 12.4. The van der Waals surface area contributed by atoms with Crippen LogP contribution in [0.25, 0.3) is 0 Å². The molecule has 3 rings (SSSR count). The van der Waals surface area contributed by atoms with Crippen LogP contribution >= 0.6 is 0 Å². The molecule has 1 spiro atoms. The van der Waals surface area contributed by atoms with E-state index in [1.165, 1.54) is 6.42 Å². The molecule has 4 heteroatoms. The number of likely N-dealkylation sites (tertiary alicyclic amines) is 1. The van der Waals surface area contributed by atoms with Crippen molar-refractivity contribution in [2.24, 2.45) is 5.41 Å². The molecule has 2 aliphatic rings. The van der Waals surface area contributed by atoms with E-state index in [1.54, 1.807) is 6.07 Å². The van der Waals surface area contributed by atoms with E-state index in [-0.39, 0.29) is 5.91 Å². The van der Waals surface area contributed by atoms with Gasteiger partial charge in [0.05, 0.1) is 0 Å². The topological polar surface area (TPSA) is 58.4 Å². The third-order valence-electron chi connectivity index (χ3n) is 4.19. The van der Waals surface area contributed by atoms with Gasteiger partial charge in [-0.3, -0.25) is 4.79 Å². The normalized spacial score (nSPS) is 27.0. The van der Waals surface area contributed by atoms with E-state index in [1.807, 2.05) is 23.1 Å². The first-order valence-corrected chi connectivity index (χ1v) is 6.54. The third kappa shape index (κ3) is 1.97. The van der Waals surface area contributed by atoms with E-state index < -0.39 is 0 Å². The summed E-state index contributed by atoms with van der Waals surface area (Å²) < 4.78 is 0.